The van der Waals surface area contributed by atoms with Crippen LogP contribution in [0.4, 0.5) is 0 Å². The predicted octanol–water partition coefficient (Wildman–Crippen LogP) is 0.898. The Morgan fingerprint density at radius 2 is 2.56 bits per heavy atom. The van der Waals surface area contributed by atoms with Gasteiger partial charge in [0.25, 0.3) is 0 Å². The van der Waals surface area contributed by atoms with Crippen LogP contribution in [-0.2, 0) is 4.79 Å². The lowest BCUT2D eigenvalue weighted by Crippen LogP contribution is -2.19. The summed E-state index contributed by atoms with van der Waals surface area (Å²) in [4.78, 5) is 10.1. The lowest BCUT2D eigenvalue weighted by Gasteiger charge is -2.05. The van der Waals surface area contributed by atoms with Gasteiger partial charge in [-0.1, -0.05) is 15.9 Å². The first kappa shape index (κ1) is 7.31. The Bertz CT molecular complexity index is 157. The molecular formula is C5H5BrO2S. The molecule has 0 saturated heterocycles. The van der Waals surface area contributed by atoms with Crippen molar-refractivity contribution in [2.24, 2.45) is 0 Å². The normalized spacial score (nSPS) is 34.2. The first-order chi connectivity index (χ1) is 4.25. The minimum atomic E-state index is -0.632. The van der Waals surface area contributed by atoms with E-state index in [0.717, 1.165) is 6.29 Å². The molecule has 0 radical (unpaired) electrons. The molecule has 50 valence electrons. The van der Waals surface area contributed by atoms with Gasteiger partial charge in [-0.25, -0.2) is 0 Å². The molecule has 0 bridgehead atoms. The topological polar surface area (TPSA) is 37.3 Å². The van der Waals surface area contributed by atoms with Gasteiger partial charge >= 0.3 is 0 Å². The fraction of sp³-hybridized carbons (Fsp3) is 0.400. The van der Waals surface area contributed by atoms with Crippen LogP contribution in [0, 0.1) is 0 Å². The zero-order valence-corrected chi connectivity index (χ0v) is 6.85. The van der Waals surface area contributed by atoms with E-state index in [1.54, 1.807) is 5.41 Å². The van der Waals surface area contributed by atoms with Crippen molar-refractivity contribution in [3.05, 3.63) is 9.89 Å². The Morgan fingerprint density at radius 3 is 2.78 bits per heavy atom. The number of hydrogen-bond donors (Lipinski definition) is 1. The molecule has 1 N–H and O–H groups in total. The molecule has 0 aliphatic carbocycles. The highest BCUT2D eigenvalue weighted by Crippen LogP contribution is 2.32. The summed E-state index contributed by atoms with van der Waals surface area (Å²) in [6.07, 6.45) is 0.118. The van der Waals surface area contributed by atoms with Crippen molar-refractivity contribution < 1.29 is 9.90 Å². The number of thioether (sulfide) groups is 1. The number of aliphatic hydroxyl groups excluding tert-OH is 1. The van der Waals surface area contributed by atoms with Crippen LogP contribution in [-0.4, -0.2) is 22.7 Å². The van der Waals surface area contributed by atoms with Crippen LogP contribution in [0.2, 0.25) is 0 Å². The molecule has 4 heteroatoms. The van der Waals surface area contributed by atoms with Gasteiger partial charge < -0.3 is 9.90 Å². The van der Waals surface area contributed by atoms with Gasteiger partial charge in [0.1, 0.15) is 12.4 Å². The minimum Gasteiger partial charge on any atom is -0.386 e. The number of aldehydes is 1. The first-order valence-corrected chi connectivity index (χ1v) is 4.13. The summed E-state index contributed by atoms with van der Waals surface area (Å²) < 4.78 is 0.699. The largest absolute Gasteiger partial charge is 0.386 e. The van der Waals surface area contributed by atoms with Crippen LogP contribution < -0.4 is 0 Å². The summed E-state index contributed by atoms with van der Waals surface area (Å²) in [6, 6.07) is 0. The number of aliphatic hydroxyl groups is 1. The Morgan fingerprint density at radius 1 is 1.89 bits per heavy atom. The van der Waals surface area contributed by atoms with Gasteiger partial charge in [-0.2, -0.15) is 0 Å². The second-order valence-corrected chi connectivity index (χ2v) is 3.65. The van der Waals surface area contributed by atoms with Crippen LogP contribution in [0.15, 0.2) is 9.89 Å². The number of carbonyl (C=O) groups excluding carboxylic acids is 1. The molecule has 1 aliphatic rings. The molecular weight excluding hydrogens is 204 g/mol. The fourth-order valence-corrected chi connectivity index (χ4v) is 2.12. The maximum absolute atomic E-state index is 10.1. The molecule has 0 aromatic heterocycles. The fourth-order valence-electron chi connectivity index (χ4n) is 0.551. The summed E-state index contributed by atoms with van der Waals surface area (Å²) in [5.41, 5.74) is 0. The lowest BCUT2D eigenvalue weighted by molar-refractivity contribution is -0.108. The van der Waals surface area contributed by atoms with Crippen LogP contribution in [0.1, 0.15) is 0 Å². The molecule has 2 atom stereocenters. The van der Waals surface area contributed by atoms with E-state index in [1.165, 1.54) is 11.8 Å². The first-order valence-electron chi connectivity index (χ1n) is 2.40. The number of halogens is 1. The van der Waals surface area contributed by atoms with Crippen molar-refractivity contribution >= 4 is 34.0 Å². The molecule has 0 saturated carbocycles. The van der Waals surface area contributed by atoms with Crippen LogP contribution in [0.5, 0.6) is 0 Å². The monoisotopic (exact) mass is 208 g/mol. The van der Waals surface area contributed by atoms with Crippen molar-refractivity contribution in [2.45, 2.75) is 11.4 Å². The Hall–Kier alpha value is 0.200. The molecule has 0 fully saturated rings. The second kappa shape index (κ2) is 2.86. The van der Waals surface area contributed by atoms with Gasteiger partial charge in [-0.05, 0) is 5.41 Å². The van der Waals surface area contributed by atoms with E-state index in [0.29, 0.717) is 4.48 Å². The highest BCUT2D eigenvalue weighted by Gasteiger charge is 2.26. The average molecular weight is 209 g/mol. The van der Waals surface area contributed by atoms with E-state index in [9.17, 15) is 4.79 Å². The quantitative estimate of drug-likeness (QED) is 0.652. The summed E-state index contributed by atoms with van der Waals surface area (Å²) in [6.45, 7) is 0. The van der Waals surface area contributed by atoms with E-state index in [4.69, 9.17) is 5.11 Å². The summed E-state index contributed by atoms with van der Waals surface area (Å²) in [5, 5.41) is 10.5. The van der Waals surface area contributed by atoms with Crippen molar-refractivity contribution in [3.63, 3.8) is 0 Å². The maximum atomic E-state index is 10.1. The number of hydrogen-bond acceptors (Lipinski definition) is 3. The molecule has 2 unspecified atom stereocenters. The molecule has 9 heavy (non-hydrogen) atoms. The van der Waals surface area contributed by atoms with Gasteiger partial charge in [0.2, 0.25) is 0 Å². The molecule has 1 heterocycles. The van der Waals surface area contributed by atoms with Gasteiger partial charge in [-0.15, -0.1) is 11.8 Å². The standard InChI is InChI=1S/C5H5BrO2S/c6-3-2-9-4(1-7)5(3)8/h1-2,4-5,8H. The summed E-state index contributed by atoms with van der Waals surface area (Å²) >= 11 is 4.45. The minimum absolute atomic E-state index is 0.306. The van der Waals surface area contributed by atoms with Gasteiger partial charge in [-0.3, -0.25) is 0 Å². The van der Waals surface area contributed by atoms with E-state index in [1.807, 2.05) is 0 Å². The molecule has 0 amide bonds. The Balaban J connectivity index is 2.61. The van der Waals surface area contributed by atoms with E-state index in [2.05, 4.69) is 15.9 Å². The molecule has 1 rings (SSSR count). The van der Waals surface area contributed by atoms with Crippen LogP contribution >= 0.6 is 27.7 Å². The third-order valence-electron chi connectivity index (χ3n) is 1.07. The molecule has 0 spiro atoms. The second-order valence-electron chi connectivity index (χ2n) is 1.68. The highest BCUT2D eigenvalue weighted by atomic mass is 79.9. The summed E-state index contributed by atoms with van der Waals surface area (Å²) in [5.74, 6) is 0. The average Bonchev–Trinajstić information content (AvgIpc) is 2.15. The zero-order valence-electron chi connectivity index (χ0n) is 4.45. The number of rotatable bonds is 1. The zero-order chi connectivity index (χ0) is 6.85. The van der Waals surface area contributed by atoms with E-state index in [-0.39, 0.29) is 5.25 Å². The highest BCUT2D eigenvalue weighted by molar-refractivity contribution is 9.11. The Kier molecular flexibility index (Phi) is 2.32. The van der Waals surface area contributed by atoms with Crippen LogP contribution in [0.3, 0.4) is 0 Å². The van der Waals surface area contributed by atoms with Crippen molar-refractivity contribution in [2.75, 3.05) is 0 Å². The van der Waals surface area contributed by atoms with Crippen molar-refractivity contribution in [1.29, 1.82) is 0 Å². The third-order valence-corrected chi connectivity index (χ3v) is 3.14. The predicted molar refractivity (Wildman–Crippen MR) is 40.5 cm³/mol. The molecule has 2 nitrogen and oxygen atoms in total. The molecule has 0 aromatic carbocycles. The van der Waals surface area contributed by atoms with Crippen molar-refractivity contribution in [3.8, 4) is 0 Å². The molecule has 0 aromatic rings. The van der Waals surface area contributed by atoms with Gasteiger partial charge in [0.15, 0.2) is 0 Å². The number of carbonyl (C=O) groups is 1. The van der Waals surface area contributed by atoms with E-state index >= 15 is 0 Å². The van der Waals surface area contributed by atoms with Crippen molar-refractivity contribution in [1.82, 2.24) is 0 Å². The van der Waals surface area contributed by atoms with Gasteiger partial charge in [0, 0.05) is 4.48 Å². The summed E-state index contributed by atoms with van der Waals surface area (Å²) in [7, 11) is 0. The van der Waals surface area contributed by atoms with E-state index < -0.39 is 6.10 Å². The smallest absolute Gasteiger partial charge is 0.136 e. The maximum Gasteiger partial charge on any atom is 0.136 e. The van der Waals surface area contributed by atoms with Crippen LogP contribution in [0.25, 0.3) is 0 Å². The lowest BCUT2D eigenvalue weighted by atomic mass is 10.3. The van der Waals surface area contributed by atoms with Gasteiger partial charge in [0.05, 0.1) is 5.25 Å². The molecule has 1 aliphatic heterocycles. The Labute approximate surface area is 65.4 Å². The SMILES string of the molecule is O=CC1SC=C(Br)C1O. The third kappa shape index (κ3) is 1.36.